The summed E-state index contributed by atoms with van der Waals surface area (Å²) >= 11 is 0. The molecule has 0 aliphatic heterocycles. The molecule has 1 N–H and O–H groups in total. The third-order valence-electron chi connectivity index (χ3n) is 4.57. The van der Waals surface area contributed by atoms with E-state index in [0.29, 0.717) is 12.1 Å². The number of nitrogens with one attached hydrogen (secondary N) is 1. The molecule has 1 atom stereocenters. The van der Waals surface area contributed by atoms with Crippen molar-refractivity contribution in [3.63, 3.8) is 0 Å². The predicted octanol–water partition coefficient (Wildman–Crippen LogP) is 3.43. The van der Waals surface area contributed by atoms with Crippen LogP contribution in [0.1, 0.15) is 63.5 Å². The minimum Gasteiger partial charge on any atom is -0.307 e. The summed E-state index contributed by atoms with van der Waals surface area (Å²) < 4.78 is 1.70. The molecule has 1 saturated carbocycles. The van der Waals surface area contributed by atoms with Gasteiger partial charge in [0.05, 0.1) is 5.69 Å². The van der Waals surface area contributed by atoms with E-state index in [0.717, 1.165) is 5.69 Å². The SMILES string of the molecule is CC(NC1CCCCCCC1)c1cccc(-n2cnnn2)c1. The van der Waals surface area contributed by atoms with Crippen molar-refractivity contribution in [3.8, 4) is 5.69 Å². The molecule has 5 nitrogen and oxygen atoms in total. The van der Waals surface area contributed by atoms with Gasteiger partial charge in [-0.05, 0) is 47.9 Å². The van der Waals surface area contributed by atoms with Gasteiger partial charge in [-0.25, -0.2) is 4.68 Å². The Morgan fingerprint density at radius 3 is 2.64 bits per heavy atom. The molecule has 1 unspecified atom stereocenters. The van der Waals surface area contributed by atoms with Crippen molar-refractivity contribution in [2.45, 2.75) is 64.0 Å². The summed E-state index contributed by atoms with van der Waals surface area (Å²) in [5.41, 5.74) is 2.30. The fourth-order valence-corrected chi connectivity index (χ4v) is 3.29. The molecule has 1 aliphatic carbocycles. The smallest absolute Gasteiger partial charge is 0.143 e. The Bertz CT molecular complexity index is 558. The highest BCUT2D eigenvalue weighted by molar-refractivity contribution is 5.35. The minimum atomic E-state index is 0.348. The molecule has 2 aromatic rings. The molecule has 5 heteroatoms. The summed E-state index contributed by atoms with van der Waals surface area (Å²) in [4.78, 5) is 0. The largest absolute Gasteiger partial charge is 0.307 e. The second kappa shape index (κ2) is 7.49. The summed E-state index contributed by atoms with van der Waals surface area (Å²) in [6.07, 6.45) is 11.1. The fourth-order valence-electron chi connectivity index (χ4n) is 3.29. The Balaban J connectivity index is 1.66. The van der Waals surface area contributed by atoms with E-state index in [1.54, 1.807) is 11.0 Å². The standard InChI is InChI=1S/C17H25N5/c1-14(19-16-9-5-3-2-4-6-10-16)15-8-7-11-17(12-15)22-13-18-20-21-22/h7-8,11-14,16,19H,2-6,9-10H2,1H3. The molecule has 0 amide bonds. The van der Waals surface area contributed by atoms with Crippen molar-refractivity contribution in [1.29, 1.82) is 0 Å². The van der Waals surface area contributed by atoms with Crippen LogP contribution >= 0.6 is 0 Å². The van der Waals surface area contributed by atoms with E-state index in [4.69, 9.17) is 0 Å². The van der Waals surface area contributed by atoms with E-state index < -0.39 is 0 Å². The fraction of sp³-hybridized carbons (Fsp3) is 0.588. The highest BCUT2D eigenvalue weighted by Gasteiger charge is 2.15. The molecule has 1 aromatic carbocycles. The molecule has 1 fully saturated rings. The Hall–Kier alpha value is -1.75. The average Bonchev–Trinajstić information content (AvgIpc) is 3.04. The van der Waals surface area contributed by atoms with Gasteiger partial charge in [0.25, 0.3) is 0 Å². The highest BCUT2D eigenvalue weighted by Crippen LogP contribution is 2.22. The third kappa shape index (κ3) is 3.91. The summed E-state index contributed by atoms with van der Waals surface area (Å²) in [5.74, 6) is 0. The second-order valence-corrected chi connectivity index (χ2v) is 6.28. The first-order chi connectivity index (χ1) is 10.8. The monoisotopic (exact) mass is 299 g/mol. The Labute approximate surface area is 132 Å². The maximum Gasteiger partial charge on any atom is 0.143 e. The van der Waals surface area contributed by atoms with E-state index in [9.17, 15) is 0 Å². The van der Waals surface area contributed by atoms with Crippen LogP contribution in [0, 0.1) is 0 Å². The summed E-state index contributed by atoms with van der Waals surface area (Å²) in [6.45, 7) is 2.25. The molecule has 0 saturated heterocycles. The molecule has 0 spiro atoms. The van der Waals surface area contributed by atoms with Crippen LogP contribution in [-0.4, -0.2) is 26.2 Å². The normalized spacial score (nSPS) is 18.6. The van der Waals surface area contributed by atoms with E-state index in [2.05, 4.69) is 46.0 Å². The Morgan fingerprint density at radius 2 is 1.91 bits per heavy atom. The number of tetrazole rings is 1. The van der Waals surface area contributed by atoms with Gasteiger partial charge in [0.1, 0.15) is 6.33 Å². The lowest BCUT2D eigenvalue weighted by atomic mass is 9.95. The minimum absolute atomic E-state index is 0.348. The Kier molecular flexibility index (Phi) is 5.16. The molecule has 1 heterocycles. The van der Waals surface area contributed by atoms with Gasteiger partial charge in [-0.1, -0.05) is 44.2 Å². The molecule has 0 radical (unpaired) electrons. The lowest BCUT2D eigenvalue weighted by molar-refractivity contribution is 0.362. The zero-order valence-electron chi connectivity index (χ0n) is 13.3. The van der Waals surface area contributed by atoms with Gasteiger partial charge in [0, 0.05) is 12.1 Å². The van der Waals surface area contributed by atoms with Crippen molar-refractivity contribution < 1.29 is 0 Å². The molecule has 118 valence electrons. The molecule has 3 rings (SSSR count). The number of benzene rings is 1. The zero-order valence-corrected chi connectivity index (χ0v) is 13.3. The van der Waals surface area contributed by atoms with Gasteiger partial charge in [0.2, 0.25) is 0 Å². The lowest BCUT2D eigenvalue weighted by Crippen LogP contribution is -2.32. The highest BCUT2D eigenvalue weighted by atomic mass is 15.5. The number of hydrogen-bond donors (Lipinski definition) is 1. The number of aromatic nitrogens is 4. The quantitative estimate of drug-likeness (QED) is 0.939. The topological polar surface area (TPSA) is 55.6 Å². The van der Waals surface area contributed by atoms with E-state index in [1.807, 2.05) is 6.07 Å². The maximum absolute atomic E-state index is 3.96. The zero-order chi connectivity index (χ0) is 15.2. The van der Waals surface area contributed by atoms with Gasteiger partial charge >= 0.3 is 0 Å². The van der Waals surface area contributed by atoms with Crippen molar-refractivity contribution in [2.75, 3.05) is 0 Å². The van der Waals surface area contributed by atoms with Crippen LogP contribution in [0.4, 0.5) is 0 Å². The van der Waals surface area contributed by atoms with Crippen LogP contribution in [0.3, 0.4) is 0 Å². The number of hydrogen-bond acceptors (Lipinski definition) is 4. The average molecular weight is 299 g/mol. The summed E-state index contributed by atoms with van der Waals surface area (Å²) in [7, 11) is 0. The van der Waals surface area contributed by atoms with E-state index >= 15 is 0 Å². The van der Waals surface area contributed by atoms with Crippen LogP contribution in [-0.2, 0) is 0 Å². The van der Waals surface area contributed by atoms with Crippen LogP contribution in [0.15, 0.2) is 30.6 Å². The Morgan fingerprint density at radius 1 is 1.14 bits per heavy atom. The predicted molar refractivity (Wildman–Crippen MR) is 86.8 cm³/mol. The van der Waals surface area contributed by atoms with Crippen LogP contribution < -0.4 is 5.32 Å². The van der Waals surface area contributed by atoms with Gasteiger partial charge in [-0.3, -0.25) is 0 Å². The van der Waals surface area contributed by atoms with E-state index in [1.165, 1.54) is 50.5 Å². The summed E-state index contributed by atoms with van der Waals surface area (Å²) in [5, 5.41) is 15.2. The van der Waals surface area contributed by atoms with Gasteiger partial charge in [-0.2, -0.15) is 0 Å². The number of rotatable bonds is 4. The maximum atomic E-state index is 3.96. The first-order valence-electron chi connectivity index (χ1n) is 8.42. The molecular weight excluding hydrogens is 274 g/mol. The van der Waals surface area contributed by atoms with Crippen molar-refractivity contribution >= 4 is 0 Å². The molecular formula is C17H25N5. The first-order valence-corrected chi connectivity index (χ1v) is 8.42. The van der Waals surface area contributed by atoms with E-state index in [-0.39, 0.29) is 0 Å². The van der Waals surface area contributed by atoms with Crippen LogP contribution in [0.5, 0.6) is 0 Å². The molecule has 1 aliphatic rings. The van der Waals surface area contributed by atoms with Gasteiger partial charge < -0.3 is 5.32 Å². The van der Waals surface area contributed by atoms with Crippen molar-refractivity contribution in [3.05, 3.63) is 36.2 Å². The lowest BCUT2D eigenvalue weighted by Gasteiger charge is -2.25. The summed E-state index contributed by atoms with van der Waals surface area (Å²) in [6, 6.07) is 9.43. The van der Waals surface area contributed by atoms with Gasteiger partial charge in [0.15, 0.2) is 0 Å². The van der Waals surface area contributed by atoms with Crippen molar-refractivity contribution in [2.24, 2.45) is 0 Å². The molecule has 22 heavy (non-hydrogen) atoms. The van der Waals surface area contributed by atoms with Crippen molar-refractivity contribution in [1.82, 2.24) is 25.5 Å². The second-order valence-electron chi connectivity index (χ2n) is 6.28. The first kappa shape index (κ1) is 15.2. The van der Waals surface area contributed by atoms with Crippen LogP contribution in [0.25, 0.3) is 5.69 Å². The van der Waals surface area contributed by atoms with Crippen LogP contribution in [0.2, 0.25) is 0 Å². The molecule has 1 aromatic heterocycles. The number of nitrogens with zero attached hydrogens (tertiary/aromatic N) is 4. The third-order valence-corrected chi connectivity index (χ3v) is 4.57. The molecule has 0 bridgehead atoms. The van der Waals surface area contributed by atoms with Gasteiger partial charge in [-0.15, -0.1) is 5.10 Å².